The van der Waals surface area contributed by atoms with Gasteiger partial charge in [0.15, 0.2) is 5.76 Å². The number of aliphatic hydroxyl groups is 1. The van der Waals surface area contributed by atoms with Crippen LogP contribution < -0.4 is 15.8 Å². The second-order valence-electron chi connectivity index (χ2n) is 14.3. The number of nitrogens with zero attached hydrogens (tertiary/aromatic N) is 3. The number of hydrogen-bond acceptors (Lipinski definition) is 8. The quantitative estimate of drug-likeness (QED) is 0.100. The molecule has 0 radical (unpaired) electrons. The number of carbonyl (C=O) groups is 2. The van der Waals surface area contributed by atoms with Gasteiger partial charge >= 0.3 is 6.09 Å². The number of para-hydroxylation sites is 1. The maximum Gasteiger partial charge on any atom is 0.412 e. The van der Waals surface area contributed by atoms with Crippen molar-refractivity contribution in [3.05, 3.63) is 118 Å². The number of piperidine rings is 2. The zero-order chi connectivity index (χ0) is 37.6. The molecule has 5 aromatic rings. The minimum Gasteiger partial charge on any atom is -0.506 e. The predicted molar refractivity (Wildman–Crippen MR) is 207 cm³/mol. The molecule has 5 N–H and O–H groups in total. The molecule has 7 rings (SSSR count). The lowest BCUT2D eigenvalue weighted by atomic mass is 9.92. The molecule has 0 bridgehead atoms. The Morgan fingerprint density at radius 2 is 1.63 bits per heavy atom. The molecule has 2 amide bonds. The first-order chi connectivity index (χ1) is 26.2. The van der Waals surface area contributed by atoms with Crippen molar-refractivity contribution in [2.75, 3.05) is 44.2 Å². The lowest BCUT2D eigenvalue weighted by Gasteiger charge is -2.38. The van der Waals surface area contributed by atoms with Crippen LogP contribution in [0.4, 0.5) is 10.5 Å². The number of aromatic hydroxyl groups is 1. The van der Waals surface area contributed by atoms with E-state index in [1.165, 1.54) is 12.1 Å². The van der Waals surface area contributed by atoms with Crippen LogP contribution in [0.1, 0.15) is 60.1 Å². The number of H-pyrrole nitrogens is 1. The van der Waals surface area contributed by atoms with E-state index in [-0.39, 0.29) is 35.3 Å². The molecule has 2 saturated heterocycles. The molecule has 1 atom stereocenters. The van der Waals surface area contributed by atoms with Gasteiger partial charge in [-0.2, -0.15) is 0 Å². The Kier molecular flexibility index (Phi) is 11.4. The van der Waals surface area contributed by atoms with Crippen LogP contribution in [0.3, 0.4) is 0 Å². The van der Waals surface area contributed by atoms with E-state index in [1.807, 2.05) is 59.5 Å². The number of rotatable bonds is 12. The van der Waals surface area contributed by atoms with Crippen molar-refractivity contribution in [2.24, 2.45) is 5.92 Å². The highest BCUT2D eigenvalue weighted by atomic mass is 16.4. The van der Waals surface area contributed by atoms with Crippen molar-refractivity contribution in [2.45, 2.75) is 50.8 Å². The van der Waals surface area contributed by atoms with Crippen LogP contribution in [-0.2, 0) is 6.54 Å². The van der Waals surface area contributed by atoms with Gasteiger partial charge in [0.2, 0.25) is 5.56 Å². The highest BCUT2D eigenvalue weighted by molar-refractivity contribution is 5.93. The van der Waals surface area contributed by atoms with Gasteiger partial charge in [-0.15, -0.1) is 0 Å². The third-order valence-corrected chi connectivity index (χ3v) is 10.9. The molecule has 54 heavy (non-hydrogen) atoms. The number of anilines is 1. The highest BCUT2D eigenvalue weighted by Crippen LogP contribution is 2.34. The summed E-state index contributed by atoms with van der Waals surface area (Å²) in [5.74, 6) is 1.21. The molecular formula is C42H47N5O7. The summed E-state index contributed by atoms with van der Waals surface area (Å²) in [6.45, 7) is 4.51. The van der Waals surface area contributed by atoms with E-state index in [0.29, 0.717) is 48.0 Å². The van der Waals surface area contributed by atoms with E-state index in [1.54, 1.807) is 29.2 Å². The number of aromatic nitrogens is 1. The predicted octanol–water partition coefficient (Wildman–Crippen LogP) is 6.21. The molecule has 2 aliphatic rings. The molecule has 0 spiro atoms. The number of amides is 2. The number of carboxylic acid groups (broad SMARTS) is 1. The molecule has 0 aliphatic carbocycles. The third-order valence-electron chi connectivity index (χ3n) is 10.9. The van der Waals surface area contributed by atoms with Gasteiger partial charge in [0.1, 0.15) is 11.5 Å². The maximum atomic E-state index is 13.3. The van der Waals surface area contributed by atoms with Gasteiger partial charge in [0.05, 0.1) is 23.9 Å². The van der Waals surface area contributed by atoms with Crippen molar-refractivity contribution in [1.82, 2.24) is 20.1 Å². The number of fused-ring (bicyclic) bond motifs is 1. The number of aliphatic hydroxyl groups excluding tert-OH is 1. The summed E-state index contributed by atoms with van der Waals surface area (Å²) >= 11 is 0. The van der Waals surface area contributed by atoms with Crippen LogP contribution in [0.5, 0.6) is 5.75 Å². The number of phenolic OH excluding ortho intramolecular Hbond substituents is 1. The molecule has 0 unspecified atom stereocenters. The Morgan fingerprint density at radius 1 is 0.889 bits per heavy atom. The van der Waals surface area contributed by atoms with Gasteiger partial charge in [-0.3, -0.25) is 14.5 Å². The lowest BCUT2D eigenvalue weighted by molar-refractivity contribution is 0.0644. The summed E-state index contributed by atoms with van der Waals surface area (Å²) in [4.78, 5) is 46.0. The highest BCUT2D eigenvalue weighted by Gasteiger charge is 2.31. The minimum absolute atomic E-state index is 0.0652. The van der Waals surface area contributed by atoms with E-state index < -0.39 is 12.2 Å². The monoisotopic (exact) mass is 733 g/mol. The summed E-state index contributed by atoms with van der Waals surface area (Å²) < 4.78 is 5.88. The van der Waals surface area contributed by atoms with E-state index >= 15 is 0 Å². The number of nitrogens with one attached hydrogen (secondary N) is 2. The van der Waals surface area contributed by atoms with Crippen molar-refractivity contribution in [3.63, 3.8) is 0 Å². The van der Waals surface area contributed by atoms with Crippen LogP contribution in [-0.4, -0.2) is 87.4 Å². The van der Waals surface area contributed by atoms with Crippen LogP contribution in [0.2, 0.25) is 0 Å². The normalized spacial score (nSPS) is 16.4. The molecule has 0 saturated carbocycles. The molecule has 2 fully saturated rings. The van der Waals surface area contributed by atoms with Gasteiger partial charge in [-0.1, -0.05) is 54.6 Å². The number of likely N-dealkylation sites (tertiary alicyclic amines) is 2. The van der Waals surface area contributed by atoms with E-state index in [4.69, 9.17) is 4.42 Å². The largest absolute Gasteiger partial charge is 0.506 e. The Labute approximate surface area is 313 Å². The van der Waals surface area contributed by atoms with Gasteiger partial charge in [-0.05, 0) is 86.0 Å². The summed E-state index contributed by atoms with van der Waals surface area (Å²) in [5, 5.41) is 35.0. The van der Waals surface area contributed by atoms with Crippen molar-refractivity contribution in [3.8, 4) is 16.9 Å². The fourth-order valence-electron chi connectivity index (χ4n) is 7.93. The zero-order valence-electron chi connectivity index (χ0n) is 30.2. The first-order valence-corrected chi connectivity index (χ1v) is 18.8. The average Bonchev–Trinajstić information content (AvgIpc) is 3.67. The van der Waals surface area contributed by atoms with Crippen molar-refractivity contribution in [1.29, 1.82) is 0 Å². The number of benzene rings is 3. The molecule has 282 valence electrons. The summed E-state index contributed by atoms with van der Waals surface area (Å²) in [6, 6.07) is 27.1. The van der Waals surface area contributed by atoms with Gasteiger partial charge in [0, 0.05) is 55.8 Å². The number of carbonyl (C=O) groups excluding carboxylic acids is 1. The summed E-state index contributed by atoms with van der Waals surface area (Å²) in [5.41, 5.74) is 3.16. The number of hydrogen-bond donors (Lipinski definition) is 5. The van der Waals surface area contributed by atoms with Gasteiger partial charge in [-0.25, -0.2) is 4.79 Å². The third kappa shape index (κ3) is 8.36. The van der Waals surface area contributed by atoms with Crippen LogP contribution in [0.25, 0.3) is 22.0 Å². The molecular weight excluding hydrogens is 686 g/mol. The average molecular weight is 734 g/mol. The Bertz CT molecular complexity index is 2120. The van der Waals surface area contributed by atoms with E-state index in [2.05, 4.69) is 15.2 Å². The Morgan fingerprint density at radius 3 is 2.39 bits per heavy atom. The number of pyridine rings is 1. The van der Waals surface area contributed by atoms with Gasteiger partial charge < -0.3 is 39.8 Å². The molecule has 2 aliphatic heterocycles. The second kappa shape index (κ2) is 16.7. The van der Waals surface area contributed by atoms with Crippen molar-refractivity contribution >= 4 is 28.6 Å². The Hall–Kier alpha value is -5.43. The van der Waals surface area contributed by atoms with E-state index in [0.717, 1.165) is 68.6 Å². The van der Waals surface area contributed by atoms with Crippen molar-refractivity contribution < 1.29 is 29.3 Å². The fourth-order valence-corrected chi connectivity index (χ4v) is 7.93. The van der Waals surface area contributed by atoms with Crippen LogP contribution >= 0.6 is 0 Å². The fraction of sp³-hybridized carbons (Fsp3) is 0.357. The smallest absolute Gasteiger partial charge is 0.412 e. The second-order valence-corrected chi connectivity index (χ2v) is 14.3. The first-order valence-electron chi connectivity index (χ1n) is 18.8. The Balaban J connectivity index is 0.840. The lowest BCUT2D eigenvalue weighted by Crippen LogP contribution is -2.48. The SMILES string of the molecule is O=C(c1ccc(CNC[C@H](O)c2ccc(O)c3[nH]c(=O)ccc23)o1)N1CCC(CCN2CCC(N(C(=O)O)c3ccccc3-c3ccccc3)CC2)CC1. The zero-order valence-corrected chi connectivity index (χ0v) is 30.2. The summed E-state index contributed by atoms with van der Waals surface area (Å²) in [7, 11) is 0. The molecule has 2 aromatic heterocycles. The minimum atomic E-state index is -0.919. The number of phenols is 1. The first kappa shape index (κ1) is 36.9. The maximum absolute atomic E-state index is 13.3. The van der Waals surface area contributed by atoms with Gasteiger partial charge in [0.25, 0.3) is 5.91 Å². The standard InChI is InChI=1S/C42H47N5O7/c48-36-13-11-33(34-12-15-39(50)44-40(34)36)37(49)27-43-26-31-10-14-38(54-31)41(51)46-24-17-28(18-25-46)16-21-45-22-19-30(20-23-45)47(42(52)53)35-9-5-4-8-32(35)29-6-2-1-3-7-29/h1-15,28,30,37,43,48-49H,16-27H2,(H,44,50)(H,52,53)/t37-/m0/s1. The van der Waals surface area contributed by atoms with Crippen LogP contribution in [0, 0.1) is 5.92 Å². The molecule has 4 heterocycles. The topological polar surface area (TPSA) is 163 Å². The molecule has 3 aromatic carbocycles. The van der Waals surface area contributed by atoms with Crippen LogP contribution in [0.15, 0.2) is 100 Å². The number of aromatic amines is 1. The molecule has 12 nitrogen and oxygen atoms in total. The van der Waals surface area contributed by atoms with E-state index in [9.17, 15) is 29.7 Å². The summed E-state index contributed by atoms with van der Waals surface area (Å²) in [6.07, 6.45) is 2.64. The number of furan rings is 1. The molecule has 12 heteroatoms.